The summed E-state index contributed by atoms with van der Waals surface area (Å²) in [6, 6.07) is 9.30. The number of ether oxygens (including phenoxy) is 17. The average molecular weight is 1430 g/mol. The highest BCUT2D eigenvalue weighted by atomic mass is 16.8. The molecule has 0 bridgehead atoms. The molecule has 12 N–H and O–H groups in total. The lowest BCUT2D eigenvalue weighted by Gasteiger charge is -2.69. The second-order valence-corrected chi connectivity index (χ2v) is 30.0. The molecule has 10 aliphatic rings. The van der Waals surface area contributed by atoms with Gasteiger partial charge in [0.15, 0.2) is 37.7 Å². The number of hydrogen-bond acceptors (Lipinski definition) is 30. The molecule has 0 aromatic heterocycles. The second-order valence-electron chi connectivity index (χ2n) is 30.0. The molecule has 30 heteroatoms. The average Bonchev–Trinajstić information content (AvgIpc) is 1.40. The Labute approximate surface area is 583 Å². The lowest BCUT2D eigenvalue weighted by molar-refractivity contribution is -0.385. The van der Waals surface area contributed by atoms with Crippen LogP contribution in [0, 0.1) is 22.7 Å². The van der Waals surface area contributed by atoms with E-state index in [2.05, 4.69) is 6.92 Å². The molecule has 100 heavy (non-hydrogen) atoms. The largest absolute Gasteiger partial charge is 0.458 e. The van der Waals surface area contributed by atoms with E-state index in [1.54, 1.807) is 41.1 Å². The van der Waals surface area contributed by atoms with Crippen LogP contribution in [0.2, 0.25) is 0 Å². The van der Waals surface area contributed by atoms with Crippen LogP contribution < -0.4 is 0 Å². The monoisotopic (exact) mass is 1430 g/mol. The third-order valence-corrected chi connectivity index (χ3v) is 24.6. The van der Waals surface area contributed by atoms with Crippen LogP contribution in [0.4, 0.5) is 0 Å². The van der Waals surface area contributed by atoms with Gasteiger partial charge in [-0.05, 0) is 115 Å². The zero-order valence-corrected chi connectivity index (χ0v) is 58.9. The highest BCUT2D eigenvalue weighted by Crippen LogP contribution is 2.72. The van der Waals surface area contributed by atoms with Crippen molar-refractivity contribution < 1.29 is 147 Å². The zero-order chi connectivity index (χ0) is 72.3. The lowest BCUT2D eigenvalue weighted by Crippen LogP contribution is -2.79. The second kappa shape index (κ2) is 31.6. The molecule has 1 aromatic carbocycles. The third-order valence-electron chi connectivity index (χ3n) is 24.6. The Hall–Kier alpha value is -2.69. The van der Waals surface area contributed by atoms with Crippen molar-refractivity contribution in [2.24, 2.45) is 22.7 Å². The summed E-state index contributed by atoms with van der Waals surface area (Å²) in [6.45, 7) is 10.9. The first kappa shape index (κ1) is 78.4. The Morgan fingerprint density at radius 2 is 1.05 bits per heavy atom. The maximum absolute atomic E-state index is 13.7. The van der Waals surface area contributed by atoms with Crippen molar-refractivity contribution in [1.29, 1.82) is 0 Å². The minimum atomic E-state index is -1.90. The van der Waals surface area contributed by atoms with Gasteiger partial charge >= 0.3 is 5.97 Å². The van der Waals surface area contributed by atoms with Crippen molar-refractivity contribution in [3.8, 4) is 0 Å². The topological polar surface area (TPSA) is 417 Å². The minimum Gasteiger partial charge on any atom is -0.458 e. The van der Waals surface area contributed by atoms with Crippen molar-refractivity contribution in [1.82, 2.24) is 0 Å². The normalized spacial score (nSPS) is 51.0. The third kappa shape index (κ3) is 14.4. The van der Waals surface area contributed by atoms with Crippen LogP contribution in [-0.2, 0) is 85.3 Å². The summed E-state index contributed by atoms with van der Waals surface area (Å²) in [4.78, 5) is 13.7. The Kier molecular flexibility index (Phi) is 24.8. The fourth-order valence-electron chi connectivity index (χ4n) is 18.8. The summed E-state index contributed by atoms with van der Waals surface area (Å²) >= 11 is 0. The van der Waals surface area contributed by atoms with E-state index in [4.69, 9.17) is 80.5 Å². The molecule has 0 unspecified atom stereocenters. The Bertz CT molecular complexity index is 2850. The molecule has 10 fully saturated rings. The van der Waals surface area contributed by atoms with Crippen LogP contribution in [0.3, 0.4) is 0 Å². The minimum absolute atomic E-state index is 0.00491. The van der Waals surface area contributed by atoms with Gasteiger partial charge in [0.2, 0.25) is 0 Å². The molecule has 6 aliphatic heterocycles. The molecule has 0 amide bonds. The zero-order valence-electron chi connectivity index (χ0n) is 58.9. The van der Waals surface area contributed by atoms with E-state index in [1.165, 1.54) is 27.2 Å². The van der Waals surface area contributed by atoms with Gasteiger partial charge in [-0.2, -0.15) is 0 Å². The van der Waals surface area contributed by atoms with Crippen molar-refractivity contribution in [3.05, 3.63) is 42.0 Å². The van der Waals surface area contributed by atoms with Crippen LogP contribution in [0.25, 0.3) is 6.08 Å². The van der Waals surface area contributed by atoms with E-state index in [1.807, 2.05) is 44.2 Å². The van der Waals surface area contributed by atoms with E-state index in [-0.39, 0.29) is 50.5 Å². The number of hydrogen-bond donors (Lipinski definition) is 12. The molecule has 4 saturated carbocycles. The molecule has 570 valence electrons. The summed E-state index contributed by atoms with van der Waals surface area (Å²) in [6.07, 6.45) is -26.6. The molecular formula is C70H110O30. The van der Waals surface area contributed by atoms with Crippen LogP contribution in [0.15, 0.2) is 36.4 Å². The first-order valence-corrected chi connectivity index (χ1v) is 35.5. The summed E-state index contributed by atoms with van der Waals surface area (Å²) in [5, 5.41) is 135. The van der Waals surface area contributed by atoms with Gasteiger partial charge < -0.3 is 142 Å². The summed E-state index contributed by atoms with van der Waals surface area (Å²) in [7, 11) is 6.03. The summed E-state index contributed by atoms with van der Waals surface area (Å²) in [5.74, 6) is -1.13. The SMILES string of the molecule is CO[C@@H]1[C@@H](O)[C@H](O[C@@H]2[C@@H](C)O[C@@H](O[C@H]3[C@@H](OC)C[C@H](O[C@H]4[C@@H](OC)C[C@H](O[C@H]5CC[C@@]6(C)[C@@H](CC[C@]7(O)[C@@H]6C[C@@H](OC(=O)/C=C/c6ccccc6)[C@@]6(C)[C@]7(O)CC[C@@]6(O)[C@H](C)O)C5)O[C@@H]4C)O[C@@H]3C)C[C@H]2OC)O[C@H](C)[C@H]1O[C@@H]1O[C@H](CO)[C@@H](O[C@@H]2O[C@H](CO)[C@@H](O)[C@H](O)[C@H]2O)[C@H](O)[C@H]1O. The number of esters is 1. The van der Waals surface area contributed by atoms with Gasteiger partial charge in [-0.1, -0.05) is 44.2 Å². The molecular weight excluding hydrogens is 1320 g/mol. The highest BCUT2D eigenvalue weighted by Gasteiger charge is 2.82. The Morgan fingerprint density at radius 3 is 1.60 bits per heavy atom. The van der Waals surface area contributed by atoms with Crippen molar-refractivity contribution in [3.63, 3.8) is 0 Å². The van der Waals surface area contributed by atoms with E-state index in [0.717, 1.165) is 5.56 Å². The van der Waals surface area contributed by atoms with Gasteiger partial charge in [0.05, 0.1) is 79.2 Å². The molecule has 4 aliphatic carbocycles. The van der Waals surface area contributed by atoms with Crippen LogP contribution >= 0.6 is 0 Å². The van der Waals surface area contributed by atoms with E-state index < -0.39 is 231 Å². The molecule has 0 radical (unpaired) electrons. The highest BCUT2D eigenvalue weighted by molar-refractivity contribution is 5.87. The molecule has 1 aromatic rings. The van der Waals surface area contributed by atoms with Crippen molar-refractivity contribution in [2.45, 2.75) is 320 Å². The standard InChI is InChI=1S/C70H110O30/c1-32-57(40(84-8)26-48(88-32)92-39-20-21-66(6)38(25-39)19-22-69(82)45(66)29-46(95-47(74)18-17-37-15-13-12-14-16-37)67(7)68(81,36(5)73)23-24-70(67,69)83)96-49-27-41(85-9)58(33(2)89-49)97-50-28-42(86-10)59(34(3)90-50)98-65-56(80)62(87-11)60(35(4)91-65)99-64-55(79)53(77)61(44(31-72)94-64)100-63-54(78)52(76)51(75)43(30-71)93-63/h12-18,32-36,38-46,48-65,71-73,75-83H,19-31H2,1-11H3/b18-17+/t32-,33-,34-,35-,36+,38+,39+,40+,41+,42-,43-,44-,45-,46-,48+,49+,50+,51-,52+,53-,54-,55-,56-,57-,58-,59-,60-,61-,62-,63+,64+,65+,66+,67-,68-,69+,70-/m1/s1. The Morgan fingerprint density at radius 1 is 0.540 bits per heavy atom. The number of rotatable bonds is 22. The van der Waals surface area contributed by atoms with Gasteiger partial charge in [-0.15, -0.1) is 0 Å². The van der Waals surface area contributed by atoms with Gasteiger partial charge in [0, 0.05) is 53.8 Å². The predicted molar refractivity (Wildman–Crippen MR) is 343 cm³/mol. The van der Waals surface area contributed by atoms with Crippen LogP contribution in [0.5, 0.6) is 0 Å². The number of aliphatic hydroxyl groups excluding tert-OH is 9. The number of methoxy groups -OCH3 is 4. The number of fused-ring (bicyclic) bond motifs is 5. The van der Waals surface area contributed by atoms with Gasteiger partial charge in [0.1, 0.15) is 103 Å². The molecule has 0 spiro atoms. The molecule has 30 nitrogen and oxygen atoms in total. The van der Waals surface area contributed by atoms with E-state index >= 15 is 0 Å². The van der Waals surface area contributed by atoms with E-state index in [0.29, 0.717) is 32.1 Å². The van der Waals surface area contributed by atoms with Gasteiger partial charge in [0.25, 0.3) is 0 Å². The molecule has 11 rings (SSSR count). The van der Waals surface area contributed by atoms with Crippen molar-refractivity contribution in [2.75, 3.05) is 41.7 Å². The number of carbonyl (C=O) groups is 1. The lowest BCUT2D eigenvalue weighted by atomic mass is 9.40. The number of aliphatic hydroxyl groups is 12. The van der Waals surface area contributed by atoms with Gasteiger partial charge in [-0.25, -0.2) is 4.79 Å². The first-order valence-electron chi connectivity index (χ1n) is 35.5. The maximum atomic E-state index is 13.7. The number of benzene rings is 1. The molecule has 6 heterocycles. The quantitative estimate of drug-likeness (QED) is 0.0404. The number of carbonyl (C=O) groups excluding carboxylic acids is 1. The van der Waals surface area contributed by atoms with Crippen molar-refractivity contribution >= 4 is 12.0 Å². The molecule has 6 saturated heterocycles. The summed E-state index contributed by atoms with van der Waals surface area (Å²) < 4.78 is 106. The fourth-order valence-corrected chi connectivity index (χ4v) is 18.8. The van der Waals surface area contributed by atoms with Gasteiger partial charge in [-0.3, -0.25) is 0 Å². The van der Waals surface area contributed by atoms with Crippen LogP contribution in [0.1, 0.15) is 125 Å². The first-order chi connectivity index (χ1) is 47.5. The smallest absolute Gasteiger partial charge is 0.331 e. The summed E-state index contributed by atoms with van der Waals surface area (Å²) in [5.41, 5.74) is -6.78. The predicted octanol–water partition coefficient (Wildman–Crippen LogP) is -0.274. The maximum Gasteiger partial charge on any atom is 0.331 e. The molecule has 37 atom stereocenters. The fraction of sp³-hybridized carbons (Fsp3) is 0.871. The van der Waals surface area contributed by atoms with E-state index in [9.17, 15) is 66.1 Å². The Balaban J connectivity index is 0.659. The van der Waals surface area contributed by atoms with Crippen LogP contribution in [-0.4, -0.2) is 310 Å².